The lowest BCUT2D eigenvalue weighted by Gasteiger charge is -2.27. The SMILES string of the molecule is CN1C2CCC1CN(CCOC1CCNCC1)CC2. The summed E-state index contributed by atoms with van der Waals surface area (Å²) in [5.41, 5.74) is 0. The van der Waals surface area contributed by atoms with Crippen molar-refractivity contribution in [1.29, 1.82) is 0 Å². The fourth-order valence-corrected chi connectivity index (χ4v) is 3.89. The van der Waals surface area contributed by atoms with Gasteiger partial charge < -0.3 is 10.1 Å². The van der Waals surface area contributed by atoms with Gasteiger partial charge in [-0.25, -0.2) is 0 Å². The molecular weight excluding hydrogens is 238 g/mol. The molecule has 2 bridgehead atoms. The van der Waals surface area contributed by atoms with E-state index < -0.39 is 0 Å². The molecular formula is C15H29N3O. The summed E-state index contributed by atoms with van der Waals surface area (Å²) in [6, 6.07) is 1.65. The maximum Gasteiger partial charge on any atom is 0.0600 e. The maximum atomic E-state index is 6.04. The van der Waals surface area contributed by atoms with Gasteiger partial charge in [-0.2, -0.15) is 0 Å². The Morgan fingerprint density at radius 3 is 2.68 bits per heavy atom. The topological polar surface area (TPSA) is 27.7 Å². The molecule has 0 saturated carbocycles. The largest absolute Gasteiger partial charge is 0.377 e. The van der Waals surface area contributed by atoms with Crippen LogP contribution in [0.2, 0.25) is 0 Å². The van der Waals surface area contributed by atoms with Crippen molar-refractivity contribution in [3.05, 3.63) is 0 Å². The molecule has 110 valence electrons. The zero-order chi connectivity index (χ0) is 13.1. The molecule has 0 aromatic heterocycles. The summed E-state index contributed by atoms with van der Waals surface area (Å²) in [7, 11) is 2.32. The monoisotopic (exact) mass is 267 g/mol. The van der Waals surface area contributed by atoms with Gasteiger partial charge >= 0.3 is 0 Å². The van der Waals surface area contributed by atoms with Gasteiger partial charge in [0.25, 0.3) is 0 Å². The minimum absolute atomic E-state index is 0.507. The smallest absolute Gasteiger partial charge is 0.0600 e. The van der Waals surface area contributed by atoms with E-state index in [9.17, 15) is 0 Å². The summed E-state index contributed by atoms with van der Waals surface area (Å²) in [4.78, 5) is 5.25. The minimum Gasteiger partial charge on any atom is -0.377 e. The van der Waals surface area contributed by atoms with Crippen LogP contribution in [0, 0.1) is 0 Å². The van der Waals surface area contributed by atoms with Crippen molar-refractivity contribution in [3.63, 3.8) is 0 Å². The molecule has 0 aromatic rings. The Morgan fingerprint density at radius 2 is 1.84 bits per heavy atom. The van der Waals surface area contributed by atoms with Gasteiger partial charge in [-0.05, 0) is 58.8 Å². The van der Waals surface area contributed by atoms with Gasteiger partial charge in [0.2, 0.25) is 0 Å². The number of likely N-dealkylation sites (tertiary alicyclic amines) is 1. The Labute approximate surface area is 117 Å². The summed E-state index contributed by atoms with van der Waals surface area (Å²) in [5.74, 6) is 0. The number of nitrogens with zero attached hydrogens (tertiary/aromatic N) is 2. The van der Waals surface area contributed by atoms with E-state index in [1.165, 1.54) is 45.2 Å². The first-order valence-electron chi connectivity index (χ1n) is 8.09. The van der Waals surface area contributed by atoms with Crippen LogP contribution in [0.5, 0.6) is 0 Å². The molecule has 4 nitrogen and oxygen atoms in total. The third kappa shape index (κ3) is 3.48. The van der Waals surface area contributed by atoms with Crippen LogP contribution >= 0.6 is 0 Å². The van der Waals surface area contributed by atoms with Crippen LogP contribution in [-0.4, -0.2) is 74.4 Å². The van der Waals surface area contributed by atoms with Crippen molar-refractivity contribution in [2.24, 2.45) is 0 Å². The molecule has 0 radical (unpaired) electrons. The van der Waals surface area contributed by atoms with E-state index in [2.05, 4.69) is 22.2 Å². The fourth-order valence-electron chi connectivity index (χ4n) is 3.89. The van der Waals surface area contributed by atoms with Gasteiger partial charge in [-0.15, -0.1) is 0 Å². The molecule has 3 aliphatic heterocycles. The second kappa shape index (κ2) is 6.53. The van der Waals surface area contributed by atoms with Crippen molar-refractivity contribution in [3.8, 4) is 0 Å². The molecule has 2 unspecified atom stereocenters. The summed E-state index contributed by atoms with van der Waals surface area (Å²) in [6.45, 7) is 6.82. The summed E-state index contributed by atoms with van der Waals surface area (Å²) in [5, 5.41) is 3.39. The highest BCUT2D eigenvalue weighted by Gasteiger charge is 2.34. The molecule has 3 heterocycles. The highest BCUT2D eigenvalue weighted by atomic mass is 16.5. The molecule has 2 atom stereocenters. The Bertz CT molecular complexity index is 281. The molecule has 0 aromatic carbocycles. The number of piperidine rings is 1. The molecule has 0 spiro atoms. The van der Waals surface area contributed by atoms with E-state index in [1.807, 2.05) is 0 Å². The number of nitrogens with one attached hydrogen (secondary N) is 1. The van der Waals surface area contributed by atoms with Crippen LogP contribution in [0.25, 0.3) is 0 Å². The van der Waals surface area contributed by atoms with Crippen molar-refractivity contribution in [1.82, 2.24) is 15.1 Å². The van der Waals surface area contributed by atoms with Gasteiger partial charge in [0.15, 0.2) is 0 Å². The number of hydrogen-bond acceptors (Lipinski definition) is 4. The molecule has 0 aliphatic carbocycles. The third-order valence-corrected chi connectivity index (χ3v) is 5.28. The zero-order valence-electron chi connectivity index (χ0n) is 12.3. The predicted octanol–water partition coefficient (Wildman–Crippen LogP) is 0.923. The quantitative estimate of drug-likeness (QED) is 0.820. The third-order valence-electron chi connectivity index (χ3n) is 5.28. The van der Waals surface area contributed by atoms with Gasteiger partial charge in [0.1, 0.15) is 0 Å². The lowest BCUT2D eigenvalue weighted by molar-refractivity contribution is 0.0192. The first kappa shape index (κ1) is 13.8. The van der Waals surface area contributed by atoms with Crippen LogP contribution in [0.15, 0.2) is 0 Å². The van der Waals surface area contributed by atoms with Gasteiger partial charge in [0, 0.05) is 25.2 Å². The van der Waals surface area contributed by atoms with Crippen molar-refractivity contribution in [2.45, 2.75) is 50.3 Å². The molecule has 0 amide bonds. The second-order valence-electron chi connectivity index (χ2n) is 6.46. The van der Waals surface area contributed by atoms with Crippen molar-refractivity contribution >= 4 is 0 Å². The Hall–Kier alpha value is -0.160. The highest BCUT2D eigenvalue weighted by Crippen LogP contribution is 2.28. The molecule has 3 fully saturated rings. The highest BCUT2D eigenvalue weighted by molar-refractivity contribution is 4.90. The van der Waals surface area contributed by atoms with Gasteiger partial charge in [-0.3, -0.25) is 9.80 Å². The van der Waals surface area contributed by atoms with Crippen LogP contribution in [-0.2, 0) is 4.74 Å². The normalized spacial score (nSPS) is 34.6. The summed E-state index contributed by atoms with van der Waals surface area (Å²) >= 11 is 0. The molecule has 4 heteroatoms. The van der Waals surface area contributed by atoms with E-state index in [0.29, 0.717) is 6.10 Å². The van der Waals surface area contributed by atoms with E-state index in [4.69, 9.17) is 4.74 Å². The Morgan fingerprint density at radius 1 is 1.05 bits per heavy atom. The first-order valence-corrected chi connectivity index (χ1v) is 8.09. The van der Waals surface area contributed by atoms with E-state index in [-0.39, 0.29) is 0 Å². The number of ether oxygens (including phenoxy) is 1. The van der Waals surface area contributed by atoms with Crippen LogP contribution in [0.4, 0.5) is 0 Å². The maximum absolute atomic E-state index is 6.04. The van der Waals surface area contributed by atoms with E-state index in [0.717, 1.165) is 38.3 Å². The lowest BCUT2D eigenvalue weighted by Crippen LogP contribution is -2.39. The average molecular weight is 267 g/mol. The van der Waals surface area contributed by atoms with Gasteiger partial charge in [-0.1, -0.05) is 0 Å². The standard InChI is InChI=1S/C15H29N3O/c1-17-13-2-3-14(17)12-18(9-6-13)10-11-19-15-4-7-16-8-5-15/h13-16H,2-12H2,1H3. The number of hydrogen-bond donors (Lipinski definition) is 1. The molecule has 3 aliphatic rings. The number of likely N-dealkylation sites (N-methyl/N-ethyl adjacent to an activating group) is 1. The van der Waals surface area contributed by atoms with E-state index >= 15 is 0 Å². The van der Waals surface area contributed by atoms with Crippen LogP contribution in [0.3, 0.4) is 0 Å². The molecule has 1 N–H and O–H groups in total. The first-order chi connectivity index (χ1) is 9.33. The molecule has 3 saturated heterocycles. The summed E-state index contributed by atoms with van der Waals surface area (Å²) in [6.07, 6.45) is 7.04. The summed E-state index contributed by atoms with van der Waals surface area (Å²) < 4.78 is 6.04. The minimum atomic E-state index is 0.507. The lowest BCUT2D eigenvalue weighted by atomic mass is 10.1. The average Bonchev–Trinajstić information content (AvgIpc) is 2.68. The predicted molar refractivity (Wildman–Crippen MR) is 77.5 cm³/mol. The number of rotatable bonds is 4. The van der Waals surface area contributed by atoms with Gasteiger partial charge in [0.05, 0.1) is 12.7 Å². The van der Waals surface area contributed by atoms with Crippen molar-refractivity contribution < 1.29 is 4.74 Å². The van der Waals surface area contributed by atoms with Crippen molar-refractivity contribution in [2.75, 3.05) is 46.4 Å². The van der Waals surface area contributed by atoms with Crippen LogP contribution in [0.1, 0.15) is 32.1 Å². The Kier molecular flexibility index (Phi) is 4.74. The zero-order valence-corrected chi connectivity index (χ0v) is 12.3. The number of fused-ring (bicyclic) bond motifs is 2. The second-order valence-corrected chi connectivity index (χ2v) is 6.46. The van der Waals surface area contributed by atoms with Crippen LogP contribution < -0.4 is 5.32 Å². The Balaban J connectivity index is 1.38. The molecule has 3 rings (SSSR count). The molecule has 19 heavy (non-hydrogen) atoms. The van der Waals surface area contributed by atoms with E-state index in [1.54, 1.807) is 0 Å². The fraction of sp³-hybridized carbons (Fsp3) is 1.00.